The molecule has 0 aliphatic rings. The van der Waals surface area contributed by atoms with Crippen molar-refractivity contribution < 1.29 is 1490 Å². The summed E-state index contributed by atoms with van der Waals surface area (Å²) in [7, 11) is 0. The van der Waals surface area contributed by atoms with Crippen LogP contribution in [0, 0.1) is 1490 Å². The maximum atomic E-state index is 0. The SMILES string of the molecule is [U].[U].[U].[U].[U].[U].[U].[U].[U].[U].[U].[U].[U].[U].[U].[U].[U].[U].[U].[U].[U].[U].[U].[U].[U].[U].[U].[U].[U].[U].[U].[U].[U].[U].[U].[U].[U].[U].[U].[U].[U].[U].[U].[U].[U].[U].[U].[U]. The molecule has 0 radical (unpaired) electrons. The van der Waals surface area contributed by atoms with E-state index < -0.39 is 0 Å². The van der Waals surface area contributed by atoms with Crippen LogP contribution in [-0.2, 0) is 0 Å². The third kappa shape index (κ3) is 345. The molecule has 0 fully saturated rings. The van der Waals surface area contributed by atoms with Crippen molar-refractivity contribution in [3.8, 4) is 0 Å². The Kier molecular flexibility index (Phi) is 2720. The first kappa shape index (κ1) is 367. The molecule has 192 valence electrons. The first-order valence-corrected chi connectivity index (χ1v) is 0. The van der Waals surface area contributed by atoms with Gasteiger partial charge in [0.05, 0.1) is 0 Å². The fraction of sp³-hybridized carbons (Fsp3) is 0. The molecule has 48 heteroatoms. The Morgan fingerprint density at radius 2 is 0.0208 bits per heavy atom. The molecule has 0 rings (SSSR count). The quantitative estimate of drug-likeness (QED) is 0.321. The van der Waals surface area contributed by atoms with Crippen LogP contribution in [0.15, 0.2) is 0 Å². The normalized spacial score (nSPS) is 0. The monoisotopic (exact) mass is 11400 g/mol. The van der Waals surface area contributed by atoms with Crippen LogP contribution in [0.5, 0.6) is 0 Å². The Balaban J connectivity index is 0. The van der Waals surface area contributed by atoms with Gasteiger partial charge in [-0.1, -0.05) is 0 Å². The fourth-order valence-electron chi connectivity index (χ4n) is 0. The van der Waals surface area contributed by atoms with Crippen molar-refractivity contribution in [3.63, 3.8) is 0 Å². The first-order chi connectivity index (χ1) is 0. The molecule has 0 saturated carbocycles. The predicted molar refractivity (Wildman–Crippen MR) is 0 cm³/mol. The second-order valence-electron chi connectivity index (χ2n) is 0. The van der Waals surface area contributed by atoms with Gasteiger partial charge in [0, 0.05) is 1490 Å². The fourth-order valence-corrected chi connectivity index (χ4v) is 0. The summed E-state index contributed by atoms with van der Waals surface area (Å²) in [5.41, 5.74) is 0. The van der Waals surface area contributed by atoms with Gasteiger partial charge in [-0.25, -0.2) is 0 Å². The molecular weight excluding hydrogens is 11400 g/mol. The van der Waals surface area contributed by atoms with E-state index in [0.717, 1.165) is 0 Å². The molecule has 0 aromatic carbocycles. The van der Waals surface area contributed by atoms with Gasteiger partial charge in [0.1, 0.15) is 0 Å². The number of hydrogen-bond acceptors (Lipinski definition) is 0. The van der Waals surface area contributed by atoms with Crippen molar-refractivity contribution in [2.24, 2.45) is 0 Å². The Labute approximate surface area is 1440 Å². The Morgan fingerprint density at radius 1 is 0.0208 bits per heavy atom. The molecule has 48 heavy (non-hydrogen) atoms. The second kappa shape index (κ2) is 356. The van der Waals surface area contributed by atoms with Crippen molar-refractivity contribution in [1.82, 2.24) is 0 Å². The summed E-state index contributed by atoms with van der Waals surface area (Å²) in [5.74, 6) is 0. The molecule has 0 amide bonds. The van der Waals surface area contributed by atoms with E-state index in [1.54, 1.807) is 0 Å². The van der Waals surface area contributed by atoms with Crippen LogP contribution >= 0.6 is 0 Å². The molecule has 0 aliphatic heterocycles. The molecule has 0 nitrogen and oxygen atoms in total. The third-order valence-corrected chi connectivity index (χ3v) is 0. The van der Waals surface area contributed by atoms with Crippen molar-refractivity contribution in [1.29, 1.82) is 0 Å². The molecule has 0 spiro atoms. The van der Waals surface area contributed by atoms with Crippen molar-refractivity contribution in [2.45, 2.75) is 0 Å². The van der Waals surface area contributed by atoms with Gasteiger partial charge in [0.2, 0.25) is 0 Å². The van der Waals surface area contributed by atoms with Crippen LogP contribution in [0.4, 0.5) is 0 Å². The van der Waals surface area contributed by atoms with E-state index in [0.29, 0.717) is 0 Å². The van der Waals surface area contributed by atoms with Gasteiger partial charge in [-0.05, 0) is 0 Å². The predicted octanol–water partition coefficient (Wildman–Crippen LogP) is 0. The smallest absolute Gasteiger partial charge is 0 e. The topological polar surface area (TPSA) is 0 Å². The van der Waals surface area contributed by atoms with Gasteiger partial charge in [-0.2, -0.15) is 0 Å². The summed E-state index contributed by atoms with van der Waals surface area (Å²) >= 11 is 0. The van der Waals surface area contributed by atoms with Gasteiger partial charge in [-0.15, -0.1) is 0 Å². The van der Waals surface area contributed by atoms with E-state index in [2.05, 4.69) is 0 Å². The average Bonchev–Trinajstić information content (AvgIpc) is 0. The second-order valence-corrected chi connectivity index (χ2v) is 0. The van der Waals surface area contributed by atoms with E-state index in [9.17, 15) is 0 Å². The van der Waals surface area contributed by atoms with Crippen LogP contribution in [0.2, 0.25) is 0 Å². The van der Waals surface area contributed by atoms with Crippen LogP contribution in [0.1, 0.15) is 0 Å². The average molecular weight is 11400 g/mol. The summed E-state index contributed by atoms with van der Waals surface area (Å²) in [6.45, 7) is 0. The maximum absolute atomic E-state index is 0. The molecule has 0 N–H and O–H groups in total. The van der Waals surface area contributed by atoms with Crippen molar-refractivity contribution >= 4 is 0 Å². The van der Waals surface area contributed by atoms with Crippen LogP contribution in [0.25, 0.3) is 0 Å². The van der Waals surface area contributed by atoms with Crippen LogP contribution < -0.4 is 0 Å². The Bertz CT molecular complexity index is 0. The largest absolute Gasteiger partial charge is 0 e. The van der Waals surface area contributed by atoms with E-state index in [4.69, 9.17) is 0 Å². The van der Waals surface area contributed by atoms with Crippen molar-refractivity contribution in [2.75, 3.05) is 0 Å². The van der Waals surface area contributed by atoms with Gasteiger partial charge < -0.3 is 0 Å². The molecule has 0 atom stereocenters. The Hall–Kier alpha value is 50.5. The van der Waals surface area contributed by atoms with Crippen LogP contribution in [0.3, 0.4) is 0 Å². The van der Waals surface area contributed by atoms with E-state index >= 15 is 0 Å². The van der Waals surface area contributed by atoms with Crippen molar-refractivity contribution in [3.05, 3.63) is 0 Å². The molecule has 0 saturated heterocycles. The van der Waals surface area contributed by atoms with Gasteiger partial charge in [0.25, 0.3) is 0 Å². The van der Waals surface area contributed by atoms with Gasteiger partial charge in [0.15, 0.2) is 0 Å². The zero-order valence-corrected chi connectivity index (χ0v) is 224. The summed E-state index contributed by atoms with van der Waals surface area (Å²) in [4.78, 5) is 0. The van der Waals surface area contributed by atoms with Gasteiger partial charge >= 0.3 is 0 Å². The summed E-state index contributed by atoms with van der Waals surface area (Å²) in [6.07, 6.45) is 0. The summed E-state index contributed by atoms with van der Waals surface area (Å²) < 4.78 is 0. The number of rotatable bonds is 0. The minimum absolute atomic E-state index is 0. The molecule has 0 aliphatic carbocycles. The summed E-state index contributed by atoms with van der Waals surface area (Å²) in [6, 6.07) is 0. The zero-order chi connectivity index (χ0) is 0. The molecular formula is U48. The first-order valence-electron chi connectivity index (χ1n) is 0. The number of hydrogen-bond donors (Lipinski definition) is 0. The minimum Gasteiger partial charge on any atom is 0 e. The maximum Gasteiger partial charge on any atom is 0 e. The standard InChI is InChI=1S/48U. The molecule has 0 aromatic rings. The minimum atomic E-state index is 0. The molecule has 0 bridgehead atoms. The molecule has 0 unspecified atom stereocenters. The molecule has 0 heterocycles. The Morgan fingerprint density at radius 3 is 0.0208 bits per heavy atom. The van der Waals surface area contributed by atoms with Gasteiger partial charge in [-0.3, -0.25) is 0 Å². The third-order valence-electron chi connectivity index (χ3n) is 0. The van der Waals surface area contributed by atoms with Crippen LogP contribution in [-0.4, -0.2) is 0 Å². The molecule has 0 aromatic heterocycles. The van der Waals surface area contributed by atoms with E-state index in [1.165, 1.54) is 0 Å². The van der Waals surface area contributed by atoms with E-state index in [1.807, 2.05) is 0 Å². The zero-order valence-electron chi connectivity index (χ0n) is 24.0. The van der Waals surface area contributed by atoms with E-state index in [-0.39, 0.29) is 1490 Å². The summed E-state index contributed by atoms with van der Waals surface area (Å²) in [5, 5.41) is 0.